The van der Waals surface area contributed by atoms with E-state index in [-0.39, 0.29) is 11.0 Å². The van der Waals surface area contributed by atoms with Gasteiger partial charge in [-0.15, -0.1) is 0 Å². The lowest BCUT2D eigenvalue weighted by molar-refractivity contribution is 0.601. The number of aromatic nitrogens is 3. The minimum absolute atomic E-state index is 0.237. The summed E-state index contributed by atoms with van der Waals surface area (Å²) in [5.41, 5.74) is 0.485. The van der Waals surface area contributed by atoms with Gasteiger partial charge in [0.25, 0.3) is 0 Å². The number of H-pyrrole nitrogens is 2. The summed E-state index contributed by atoms with van der Waals surface area (Å²) in [6.45, 7) is 0. The van der Waals surface area contributed by atoms with Crippen molar-refractivity contribution < 1.29 is 4.42 Å². The fourth-order valence-electron chi connectivity index (χ4n) is 1.74. The van der Waals surface area contributed by atoms with Crippen molar-refractivity contribution in [3.63, 3.8) is 0 Å². The van der Waals surface area contributed by atoms with Crippen LogP contribution in [0.3, 0.4) is 0 Å². The molecule has 9 heteroatoms. The van der Waals surface area contributed by atoms with Crippen molar-refractivity contribution in [2.24, 2.45) is 5.10 Å². The average Bonchev–Trinajstić information content (AvgIpc) is 2.78. The number of nitrogens with zero attached hydrogens (tertiary/aromatic N) is 2. The lowest BCUT2D eigenvalue weighted by Gasteiger charge is -1.98. The fourth-order valence-corrected chi connectivity index (χ4v) is 2.35. The van der Waals surface area contributed by atoms with E-state index in [0.29, 0.717) is 25.5 Å². The van der Waals surface area contributed by atoms with Crippen molar-refractivity contribution in [1.82, 2.24) is 14.9 Å². The van der Waals surface area contributed by atoms with E-state index < -0.39 is 0 Å². The van der Waals surface area contributed by atoms with Crippen LogP contribution < -0.4 is 5.43 Å². The van der Waals surface area contributed by atoms with Gasteiger partial charge < -0.3 is 4.42 Å². The monoisotopic (exact) mass is 338 g/mol. The maximum atomic E-state index is 12.3. The van der Waals surface area contributed by atoms with Crippen molar-refractivity contribution in [3.8, 4) is 0 Å². The molecule has 0 spiro atoms. The first-order chi connectivity index (χ1) is 10.1. The maximum Gasteiger partial charge on any atom is 0.215 e. The molecule has 0 radical (unpaired) electrons. The van der Waals surface area contributed by atoms with Crippen LogP contribution in [0.15, 0.2) is 38.8 Å². The average molecular weight is 339 g/mol. The van der Waals surface area contributed by atoms with Gasteiger partial charge in [0.1, 0.15) is 11.8 Å². The molecule has 0 aliphatic carbocycles. The van der Waals surface area contributed by atoms with E-state index in [4.69, 9.17) is 40.5 Å². The molecule has 3 rings (SSSR count). The lowest BCUT2D eigenvalue weighted by atomic mass is 10.2. The molecule has 0 aliphatic heterocycles. The SMILES string of the molecule is O=c1c(/C=N/n2c(=S)[nH][nH]c2=S)coc2ccc(Cl)cc12. The van der Waals surface area contributed by atoms with E-state index in [1.165, 1.54) is 17.2 Å². The van der Waals surface area contributed by atoms with E-state index in [1.54, 1.807) is 18.2 Å². The third kappa shape index (κ3) is 2.60. The maximum absolute atomic E-state index is 12.3. The molecular weight excluding hydrogens is 332 g/mol. The highest BCUT2D eigenvalue weighted by Crippen LogP contribution is 2.16. The topological polar surface area (TPSA) is 79.1 Å². The molecule has 2 aromatic heterocycles. The molecule has 0 fully saturated rings. The molecule has 0 bridgehead atoms. The molecule has 0 aliphatic rings. The first-order valence-electron chi connectivity index (χ1n) is 5.71. The minimum Gasteiger partial charge on any atom is -0.463 e. The predicted molar refractivity (Wildman–Crippen MR) is 85.3 cm³/mol. The number of halogens is 1. The molecule has 1 aromatic carbocycles. The summed E-state index contributed by atoms with van der Waals surface area (Å²) in [6.07, 6.45) is 2.66. The van der Waals surface area contributed by atoms with Crippen molar-refractivity contribution >= 4 is 53.2 Å². The summed E-state index contributed by atoms with van der Waals surface area (Å²) in [7, 11) is 0. The Hall–Kier alpha value is -2.03. The Morgan fingerprint density at radius 3 is 2.71 bits per heavy atom. The first-order valence-corrected chi connectivity index (χ1v) is 6.91. The van der Waals surface area contributed by atoms with Crippen LogP contribution in [-0.4, -0.2) is 21.1 Å². The van der Waals surface area contributed by atoms with Gasteiger partial charge in [0.15, 0.2) is 0 Å². The quantitative estimate of drug-likeness (QED) is 0.555. The third-order valence-electron chi connectivity index (χ3n) is 2.73. The largest absolute Gasteiger partial charge is 0.463 e. The lowest BCUT2D eigenvalue weighted by Crippen LogP contribution is -2.08. The molecule has 0 atom stereocenters. The molecule has 0 saturated carbocycles. The predicted octanol–water partition coefficient (Wildman–Crippen LogP) is 3.25. The summed E-state index contributed by atoms with van der Waals surface area (Å²) in [6, 6.07) is 4.84. The van der Waals surface area contributed by atoms with E-state index in [1.807, 2.05) is 0 Å². The van der Waals surface area contributed by atoms with E-state index in [2.05, 4.69) is 15.3 Å². The van der Waals surface area contributed by atoms with Crippen molar-refractivity contribution in [3.05, 3.63) is 54.8 Å². The number of benzene rings is 1. The number of hydrogen-bond acceptors (Lipinski definition) is 5. The van der Waals surface area contributed by atoms with Crippen LogP contribution in [0.4, 0.5) is 0 Å². The van der Waals surface area contributed by atoms with Crippen LogP contribution in [0.25, 0.3) is 11.0 Å². The molecule has 106 valence electrons. The number of aromatic amines is 2. The first kappa shape index (κ1) is 13.9. The highest BCUT2D eigenvalue weighted by atomic mass is 35.5. The second kappa shape index (κ2) is 5.40. The van der Waals surface area contributed by atoms with Gasteiger partial charge in [0.05, 0.1) is 17.2 Å². The molecular formula is C12H7ClN4O2S2. The molecule has 2 heterocycles. The highest BCUT2D eigenvalue weighted by Gasteiger charge is 2.06. The van der Waals surface area contributed by atoms with Crippen LogP contribution in [0.5, 0.6) is 0 Å². The molecule has 0 amide bonds. The van der Waals surface area contributed by atoms with E-state index in [0.717, 1.165) is 0 Å². The minimum atomic E-state index is -0.237. The van der Waals surface area contributed by atoms with Crippen molar-refractivity contribution in [2.75, 3.05) is 0 Å². The summed E-state index contributed by atoms with van der Waals surface area (Å²) in [5.74, 6) is 0. The van der Waals surface area contributed by atoms with Gasteiger partial charge in [-0.1, -0.05) is 11.6 Å². The second-order valence-corrected chi connectivity index (χ2v) is 5.29. The molecule has 2 N–H and O–H groups in total. The van der Waals surface area contributed by atoms with Gasteiger partial charge in [-0.05, 0) is 42.6 Å². The van der Waals surface area contributed by atoms with Gasteiger partial charge in [0.2, 0.25) is 15.0 Å². The van der Waals surface area contributed by atoms with Gasteiger partial charge in [0, 0.05) is 5.02 Å². The molecule has 6 nitrogen and oxygen atoms in total. The Balaban J connectivity index is 2.14. The van der Waals surface area contributed by atoms with Crippen LogP contribution in [-0.2, 0) is 0 Å². The summed E-state index contributed by atoms with van der Waals surface area (Å²) in [4.78, 5) is 12.3. The number of hydrogen-bond donors (Lipinski definition) is 2. The van der Waals surface area contributed by atoms with Crippen LogP contribution in [0.1, 0.15) is 5.56 Å². The summed E-state index contributed by atoms with van der Waals surface area (Å²) >= 11 is 15.9. The van der Waals surface area contributed by atoms with Crippen LogP contribution >= 0.6 is 36.0 Å². The Labute approximate surface area is 132 Å². The second-order valence-electron chi connectivity index (χ2n) is 4.08. The zero-order valence-electron chi connectivity index (χ0n) is 10.3. The standard InChI is InChI=1S/C12H7ClN4O2S2/c13-7-1-2-9-8(3-7)10(18)6(5-19-9)4-14-17-11(20)15-16-12(17)21/h1-5H,(H,15,20)(H,16,21)/b14-4+. The third-order valence-corrected chi connectivity index (χ3v) is 3.52. The Bertz CT molecular complexity index is 1000. The molecule has 3 aromatic rings. The Morgan fingerprint density at radius 2 is 2.00 bits per heavy atom. The van der Waals surface area contributed by atoms with E-state index >= 15 is 0 Å². The fraction of sp³-hybridized carbons (Fsp3) is 0. The molecule has 21 heavy (non-hydrogen) atoms. The molecule has 0 unspecified atom stereocenters. The van der Waals surface area contributed by atoms with Crippen LogP contribution in [0, 0.1) is 9.54 Å². The van der Waals surface area contributed by atoms with Gasteiger partial charge in [-0.3, -0.25) is 15.0 Å². The number of rotatable bonds is 2. The Morgan fingerprint density at radius 1 is 1.29 bits per heavy atom. The van der Waals surface area contributed by atoms with Crippen molar-refractivity contribution in [2.45, 2.75) is 0 Å². The van der Waals surface area contributed by atoms with Gasteiger partial charge in [-0.25, -0.2) is 0 Å². The summed E-state index contributed by atoms with van der Waals surface area (Å²) in [5, 5.41) is 10.2. The number of fused-ring (bicyclic) bond motifs is 1. The Kier molecular flexibility index (Phi) is 3.58. The zero-order chi connectivity index (χ0) is 15.0. The van der Waals surface area contributed by atoms with E-state index in [9.17, 15) is 4.79 Å². The summed E-state index contributed by atoms with van der Waals surface area (Å²) < 4.78 is 7.26. The highest BCUT2D eigenvalue weighted by molar-refractivity contribution is 7.72. The van der Waals surface area contributed by atoms with Gasteiger partial charge in [-0.2, -0.15) is 9.78 Å². The smallest absolute Gasteiger partial charge is 0.215 e. The van der Waals surface area contributed by atoms with Gasteiger partial charge >= 0.3 is 0 Å². The van der Waals surface area contributed by atoms with Crippen LogP contribution in [0.2, 0.25) is 5.02 Å². The van der Waals surface area contributed by atoms with Crippen molar-refractivity contribution in [1.29, 1.82) is 0 Å². The zero-order valence-corrected chi connectivity index (χ0v) is 12.7. The number of nitrogens with one attached hydrogen (secondary N) is 2. The normalized spacial score (nSPS) is 11.5. The molecule has 0 saturated heterocycles.